The zero-order chi connectivity index (χ0) is 16.2. The Morgan fingerprint density at radius 3 is 3.00 bits per heavy atom. The minimum absolute atomic E-state index is 0.0146. The second-order valence-corrected chi connectivity index (χ2v) is 7.35. The van der Waals surface area contributed by atoms with Gasteiger partial charge in [-0.3, -0.25) is 4.79 Å². The summed E-state index contributed by atoms with van der Waals surface area (Å²) in [5, 5.41) is 2.68. The molecule has 0 unspecified atom stereocenters. The van der Waals surface area contributed by atoms with Gasteiger partial charge in [0.15, 0.2) is 0 Å². The van der Waals surface area contributed by atoms with Gasteiger partial charge in [0, 0.05) is 11.4 Å². The van der Waals surface area contributed by atoms with E-state index in [-0.39, 0.29) is 16.7 Å². The summed E-state index contributed by atoms with van der Waals surface area (Å²) in [5.41, 5.74) is 2.64. The van der Waals surface area contributed by atoms with Crippen molar-refractivity contribution in [3.8, 4) is 0 Å². The Bertz CT molecular complexity index is 782. The molecule has 3 rings (SSSR count). The third-order valence-electron chi connectivity index (χ3n) is 3.08. The fourth-order valence-corrected chi connectivity index (χ4v) is 4.03. The van der Waals surface area contributed by atoms with Gasteiger partial charge in [-0.25, -0.2) is 9.38 Å². The van der Waals surface area contributed by atoms with E-state index in [1.54, 1.807) is 11.8 Å². The first-order valence-electron chi connectivity index (χ1n) is 6.79. The molecule has 0 spiro atoms. The van der Waals surface area contributed by atoms with Crippen LogP contribution in [0.4, 0.5) is 15.8 Å². The minimum Gasteiger partial charge on any atom is -0.325 e. The maximum Gasteiger partial charge on any atom is 0.234 e. The van der Waals surface area contributed by atoms with E-state index in [0.717, 1.165) is 15.8 Å². The molecule has 2 aromatic carbocycles. The van der Waals surface area contributed by atoms with Gasteiger partial charge in [0.05, 0.1) is 16.5 Å². The Balaban J connectivity index is 1.57. The van der Waals surface area contributed by atoms with Crippen LogP contribution in [-0.4, -0.2) is 16.0 Å². The molecule has 1 amide bonds. The number of halogens is 2. The van der Waals surface area contributed by atoms with Gasteiger partial charge in [-0.05, 0) is 29.8 Å². The van der Waals surface area contributed by atoms with E-state index in [1.165, 1.54) is 35.5 Å². The van der Waals surface area contributed by atoms with Crippen molar-refractivity contribution in [2.45, 2.75) is 5.75 Å². The van der Waals surface area contributed by atoms with Crippen LogP contribution < -0.4 is 5.32 Å². The molecule has 0 aliphatic carbocycles. The van der Waals surface area contributed by atoms with Crippen LogP contribution in [0.25, 0.3) is 0 Å². The summed E-state index contributed by atoms with van der Waals surface area (Å²) < 4.78 is 14.0. The molecule has 0 saturated heterocycles. The second kappa shape index (κ2) is 7.38. The van der Waals surface area contributed by atoms with Gasteiger partial charge in [-0.1, -0.05) is 53.3 Å². The van der Waals surface area contributed by atoms with E-state index in [1.807, 2.05) is 18.2 Å². The molecule has 0 aromatic heterocycles. The van der Waals surface area contributed by atoms with Crippen LogP contribution in [0.5, 0.6) is 0 Å². The molecular formula is C16H12ClFN2OS2. The summed E-state index contributed by atoms with van der Waals surface area (Å²) in [6, 6.07) is 12.1. The number of nitrogens with zero attached hydrogens (tertiary/aromatic N) is 1. The maximum absolute atomic E-state index is 13.1. The zero-order valence-electron chi connectivity index (χ0n) is 11.9. The van der Waals surface area contributed by atoms with Gasteiger partial charge in [0.1, 0.15) is 10.2 Å². The predicted octanol–water partition coefficient (Wildman–Crippen LogP) is 5.09. The van der Waals surface area contributed by atoms with E-state index < -0.39 is 5.82 Å². The van der Waals surface area contributed by atoms with E-state index in [9.17, 15) is 9.18 Å². The Kier molecular flexibility index (Phi) is 5.25. The first kappa shape index (κ1) is 16.4. The lowest BCUT2D eigenvalue weighted by Crippen LogP contribution is -2.15. The first-order chi connectivity index (χ1) is 11.1. The highest BCUT2D eigenvalue weighted by Gasteiger charge is 2.14. The molecule has 23 heavy (non-hydrogen) atoms. The summed E-state index contributed by atoms with van der Waals surface area (Å²) in [6.45, 7) is 0. The number of amides is 1. The fraction of sp³-hybridized carbons (Fsp3) is 0.125. The van der Waals surface area contributed by atoms with Crippen LogP contribution in [0.3, 0.4) is 0 Å². The molecule has 0 atom stereocenters. The molecule has 1 aliphatic rings. The molecular weight excluding hydrogens is 355 g/mol. The Labute approximate surface area is 146 Å². The van der Waals surface area contributed by atoms with Gasteiger partial charge in [-0.15, -0.1) is 0 Å². The largest absolute Gasteiger partial charge is 0.325 e. The molecule has 0 fully saturated rings. The highest BCUT2D eigenvalue weighted by atomic mass is 35.5. The molecule has 7 heteroatoms. The zero-order valence-corrected chi connectivity index (χ0v) is 14.3. The number of rotatable bonds is 3. The van der Waals surface area contributed by atoms with Gasteiger partial charge in [0.2, 0.25) is 5.91 Å². The molecule has 1 aliphatic heterocycles. The quantitative estimate of drug-likeness (QED) is 0.823. The lowest BCUT2D eigenvalue weighted by Gasteiger charge is -2.14. The molecule has 0 bridgehead atoms. The SMILES string of the molecule is O=C(CSC1=Nc2ccccc2CS1)Nc1ccc(F)c(Cl)c1. The molecule has 0 radical (unpaired) electrons. The number of benzene rings is 2. The van der Waals surface area contributed by atoms with Crippen molar-refractivity contribution >= 4 is 56.8 Å². The second-order valence-electron chi connectivity index (χ2n) is 4.76. The van der Waals surface area contributed by atoms with Crippen molar-refractivity contribution in [1.82, 2.24) is 0 Å². The number of hydrogen-bond donors (Lipinski definition) is 1. The standard InChI is InChI=1S/C16H12ClFN2OS2/c17-12-7-11(5-6-13(12)18)19-15(21)9-23-16-20-14-4-2-1-3-10(14)8-22-16/h1-7H,8-9H2,(H,19,21). The third-order valence-corrected chi connectivity index (χ3v) is 5.62. The fourth-order valence-electron chi connectivity index (χ4n) is 1.98. The van der Waals surface area contributed by atoms with Crippen LogP contribution in [0, 0.1) is 5.82 Å². The maximum atomic E-state index is 13.1. The Hall–Kier alpha value is -1.50. The minimum atomic E-state index is -0.509. The summed E-state index contributed by atoms with van der Waals surface area (Å²) in [5.74, 6) is 0.408. The summed E-state index contributed by atoms with van der Waals surface area (Å²) in [6.07, 6.45) is 0. The Morgan fingerprint density at radius 1 is 1.35 bits per heavy atom. The van der Waals surface area contributed by atoms with Crippen molar-refractivity contribution in [1.29, 1.82) is 0 Å². The smallest absolute Gasteiger partial charge is 0.234 e. The number of carbonyl (C=O) groups excluding carboxylic acids is 1. The van der Waals surface area contributed by atoms with Gasteiger partial charge in [0.25, 0.3) is 0 Å². The lowest BCUT2D eigenvalue weighted by atomic mass is 10.2. The first-order valence-corrected chi connectivity index (χ1v) is 9.14. The topological polar surface area (TPSA) is 41.5 Å². The molecule has 1 heterocycles. The van der Waals surface area contributed by atoms with Crippen molar-refractivity contribution in [3.05, 3.63) is 58.9 Å². The van der Waals surface area contributed by atoms with Crippen LogP contribution >= 0.6 is 35.1 Å². The number of nitrogens with one attached hydrogen (secondary N) is 1. The van der Waals surface area contributed by atoms with Crippen molar-refractivity contribution in [2.75, 3.05) is 11.1 Å². The molecule has 3 nitrogen and oxygen atoms in total. The molecule has 2 aromatic rings. The average Bonchev–Trinajstić information content (AvgIpc) is 2.56. The van der Waals surface area contributed by atoms with E-state index in [4.69, 9.17) is 11.6 Å². The van der Waals surface area contributed by atoms with Crippen molar-refractivity contribution in [3.63, 3.8) is 0 Å². The predicted molar refractivity (Wildman–Crippen MR) is 97.3 cm³/mol. The number of thioether (sulfide) groups is 2. The van der Waals surface area contributed by atoms with Crippen molar-refractivity contribution in [2.24, 2.45) is 4.99 Å². The normalized spacial score (nSPS) is 13.2. The highest BCUT2D eigenvalue weighted by Crippen LogP contribution is 2.34. The average molecular weight is 367 g/mol. The highest BCUT2D eigenvalue weighted by molar-refractivity contribution is 8.38. The number of para-hydroxylation sites is 1. The van der Waals surface area contributed by atoms with Crippen LogP contribution in [0.1, 0.15) is 5.56 Å². The summed E-state index contributed by atoms with van der Waals surface area (Å²) in [4.78, 5) is 16.5. The number of anilines is 1. The van der Waals surface area contributed by atoms with Crippen LogP contribution in [0.15, 0.2) is 47.5 Å². The van der Waals surface area contributed by atoms with Gasteiger partial charge >= 0.3 is 0 Å². The van der Waals surface area contributed by atoms with Crippen LogP contribution in [-0.2, 0) is 10.5 Å². The van der Waals surface area contributed by atoms with Gasteiger partial charge < -0.3 is 5.32 Å². The number of fused-ring (bicyclic) bond motifs is 1. The van der Waals surface area contributed by atoms with E-state index in [2.05, 4.69) is 16.4 Å². The lowest BCUT2D eigenvalue weighted by molar-refractivity contribution is -0.113. The monoisotopic (exact) mass is 366 g/mol. The van der Waals surface area contributed by atoms with Crippen molar-refractivity contribution < 1.29 is 9.18 Å². The molecule has 1 N–H and O–H groups in total. The van der Waals surface area contributed by atoms with Gasteiger partial charge in [-0.2, -0.15) is 0 Å². The van der Waals surface area contributed by atoms with E-state index in [0.29, 0.717) is 5.69 Å². The summed E-state index contributed by atoms with van der Waals surface area (Å²) in [7, 11) is 0. The molecule has 118 valence electrons. The number of aliphatic imine (C=N–C) groups is 1. The Morgan fingerprint density at radius 2 is 2.17 bits per heavy atom. The van der Waals surface area contributed by atoms with E-state index >= 15 is 0 Å². The number of carbonyl (C=O) groups is 1. The number of hydrogen-bond acceptors (Lipinski definition) is 4. The van der Waals surface area contributed by atoms with Crippen LogP contribution in [0.2, 0.25) is 5.02 Å². The third kappa shape index (κ3) is 4.28. The summed E-state index contributed by atoms with van der Waals surface area (Å²) >= 11 is 8.70. The molecule has 0 saturated carbocycles.